The van der Waals surface area contributed by atoms with Crippen LogP contribution < -0.4 is 0 Å². The van der Waals surface area contributed by atoms with Crippen molar-refractivity contribution in [2.45, 2.75) is 73.1 Å². The molecule has 0 aromatic heterocycles. The molecule has 0 saturated carbocycles. The minimum absolute atomic E-state index is 0.405. The molecule has 134 valence electrons. The largest absolute Gasteiger partial charge is 0.502 e. The van der Waals surface area contributed by atoms with Gasteiger partial charge in [0, 0.05) is 0 Å². The summed E-state index contributed by atoms with van der Waals surface area (Å²) in [6.07, 6.45) is 18.9. The Bertz CT molecular complexity index is 314. The second-order valence-corrected chi connectivity index (χ2v) is 7.17. The van der Waals surface area contributed by atoms with Gasteiger partial charge in [-0.25, -0.2) is 0 Å². The molecule has 0 fully saturated rings. The molecule has 0 atom stereocenters. The third-order valence-electron chi connectivity index (χ3n) is 3.54. The third-order valence-corrected chi connectivity index (χ3v) is 3.54. The van der Waals surface area contributed by atoms with Crippen molar-refractivity contribution in [3.8, 4) is 0 Å². The highest BCUT2D eigenvalue weighted by atomic mass is 16.5. The molecule has 0 aromatic carbocycles. The average molecular weight is 323 g/mol. The Labute approximate surface area is 144 Å². The molecule has 23 heavy (non-hydrogen) atoms. The predicted molar refractivity (Wildman–Crippen MR) is 101 cm³/mol. The fraction of sp³-hybridized carbons (Fsp3) is 0.714. The fourth-order valence-corrected chi connectivity index (χ4v) is 2.05. The van der Waals surface area contributed by atoms with Crippen molar-refractivity contribution in [2.75, 3.05) is 13.2 Å². The minimum Gasteiger partial charge on any atom is -0.502 e. The number of ether oxygens (including phenoxy) is 2. The van der Waals surface area contributed by atoms with Crippen molar-refractivity contribution in [2.24, 2.45) is 11.3 Å². The van der Waals surface area contributed by atoms with Gasteiger partial charge in [-0.05, 0) is 49.9 Å². The maximum absolute atomic E-state index is 5.54. The maximum atomic E-state index is 5.54. The number of rotatable bonds is 13. The highest BCUT2D eigenvalue weighted by molar-refractivity contribution is 4.89. The minimum atomic E-state index is 0.405. The molecule has 0 aliphatic heterocycles. The van der Waals surface area contributed by atoms with E-state index in [0.717, 1.165) is 45.3 Å². The molecule has 2 heteroatoms. The molecule has 0 heterocycles. The molecule has 0 aromatic rings. The van der Waals surface area contributed by atoms with Gasteiger partial charge in [0.2, 0.25) is 0 Å². The van der Waals surface area contributed by atoms with Gasteiger partial charge in [0.25, 0.3) is 0 Å². The quantitative estimate of drug-likeness (QED) is 0.215. The molecule has 0 amide bonds. The Hall–Kier alpha value is -1.18. The van der Waals surface area contributed by atoms with Crippen LogP contribution >= 0.6 is 0 Å². The molecule has 0 rings (SSSR count). The van der Waals surface area contributed by atoms with Gasteiger partial charge < -0.3 is 9.47 Å². The lowest BCUT2D eigenvalue weighted by atomic mass is 9.90. The molecule has 0 radical (unpaired) electrons. The molecule has 0 spiro atoms. The molecule has 0 aliphatic rings. The van der Waals surface area contributed by atoms with E-state index in [4.69, 9.17) is 9.47 Å². The molecule has 2 nitrogen and oxygen atoms in total. The smallest absolute Gasteiger partial charge is 0.0878 e. The fourth-order valence-electron chi connectivity index (χ4n) is 2.05. The van der Waals surface area contributed by atoms with Crippen LogP contribution in [0.4, 0.5) is 0 Å². The normalized spacial score (nSPS) is 14.1. The first-order valence-electron chi connectivity index (χ1n) is 9.19. The van der Waals surface area contributed by atoms with Crippen molar-refractivity contribution in [1.82, 2.24) is 0 Å². The van der Waals surface area contributed by atoms with E-state index in [1.165, 1.54) is 6.42 Å². The lowest BCUT2D eigenvalue weighted by Crippen LogP contribution is -2.06. The Morgan fingerprint density at radius 1 is 0.826 bits per heavy atom. The number of hydrogen-bond acceptors (Lipinski definition) is 2. The van der Waals surface area contributed by atoms with Gasteiger partial charge in [0.1, 0.15) is 0 Å². The highest BCUT2D eigenvalue weighted by Gasteiger charge is 2.09. The molecule has 0 bridgehead atoms. The van der Waals surface area contributed by atoms with Crippen LogP contribution in [0.1, 0.15) is 73.1 Å². The average Bonchev–Trinajstić information content (AvgIpc) is 2.49. The van der Waals surface area contributed by atoms with Crippen LogP contribution in [0.25, 0.3) is 0 Å². The summed E-state index contributed by atoms with van der Waals surface area (Å²) in [5.74, 6) is 0.528. The Morgan fingerprint density at radius 3 is 1.78 bits per heavy atom. The first-order chi connectivity index (χ1) is 11.0. The van der Waals surface area contributed by atoms with Gasteiger partial charge in [-0.2, -0.15) is 0 Å². The zero-order valence-corrected chi connectivity index (χ0v) is 16.0. The second-order valence-electron chi connectivity index (χ2n) is 7.17. The van der Waals surface area contributed by atoms with Gasteiger partial charge in [0.15, 0.2) is 0 Å². The highest BCUT2D eigenvalue weighted by Crippen LogP contribution is 2.21. The van der Waals surface area contributed by atoms with Crippen molar-refractivity contribution >= 4 is 0 Å². The van der Waals surface area contributed by atoms with E-state index in [-0.39, 0.29) is 0 Å². The van der Waals surface area contributed by atoms with Crippen LogP contribution in [0.15, 0.2) is 36.8 Å². The maximum Gasteiger partial charge on any atom is 0.0878 e. The summed E-state index contributed by atoms with van der Waals surface area (Å²) in [4.78, 5) is 0. The van der Waals surface area contributed by atoms with Crippen molar-refractivity contribution in [3.63, 3.8) is 0 Å². The Morgan fingerprint density at radius 2 is 1.35 bits per heavy atom. The van der Waals surface area contributed by atoms with Gasteiger partial charge in [0.05, 0.1) is 25.7 Å². The molecule has 0 aliphatic carbocycles. The first kappa shape index (κ1) is 21.8. The summed E-state index contributed by atoms with van der Waals surface area (Å²) in [5, 5.41) is 0. The summed E-state index contributed by atoms with van der Waals surface area (Å²) in [6, 6.07) is 0. The number of allylic oxidation sites excluding steroid dienone is 4. The summed E-state index contributed by atoms with van der Waals surface area (Å²) >= 11 is 0. The molecular weight excluding hydrogens is 284 g/mol. The number of hydrogen-bond donors (Lipinski definition) is 0. The van der Waals surface area contributed by atoms with E-state index in [2.05, 4.69) is 46.8 Å². The van der Waals surface area contributed by atoms with Crippen molar-refractivity contribution < 1.29 is 9.47 Å². The zero-order chi connectivity index (χ0) is 17.4. The van der Waals surface area contributed by atoms with Crippen LogP contribution in [0, 0.1) is 11.3 Å². The molecule has 0 unspecified atom stereocenters. The van der Waals surface area contributed by atoms with Crippen LogP contribution in [0.3, 0.4) is 0 Å². The third kappa shape index (κ3) is 17.0. The second kappa shape index (κ2) is 14.4. The Balaban J connectivity index is 4.16. The Kier molecular flexibility index (Phi) is 13.7. The predicted octanol–water partition coefficient (Wildman–Crippen LogP) is 6.65. The van der Waals surface area contributed by atoms with Crippen molar-refractivity contribution in [1.29, 1.82) is 0 Å². The van der Waals surface area contributed by atoms with E-state index in [1.54, 1.807) is 0 Å². The summed E-state index contributed by atoms with van der Waals surface area (Å²) in [6.45, 7) is 12.6. The van der Waals surface area contributed by atoms with Gasteiger partial charge in [-0.15, -0.1) is 0 Å². The van der Waals surface area contributed by atoms with E-state index in [1.807, 2.05) is 24.7 Å². The monoisotopic (exact) mass is 322 g/mol. The van der Waals surface area contributed by atoms with E-state index in [0.29, 0.717) is 11.3 Å². The SMILES string of the molecule is CCC=COCCC(C=CCCC(C)(C)C)CCOC=CCC. The van der Waals surface area contributed by atoms with Crippen LogP contribution in [0.2, 0.25) is 0 Å². The lowest BCUT2D eigenvalue weighted by Gasteiger charge is -2.17. The standard InChI is InChI=1S/C21H38O2/c1-6-8-16-22-18-13-20(14-19-23-17-9-7-2)12-10-11-15-21(3,4)5/h8-10,12,16-17,20H,6-7,11,13-15,18-19H2,1-5H3. The van der Waals surface area contributed by atoms with Crippen LogP contribution in [-0.4, -0.2) is 13.2 Å². The van der Waals surface area contributed by atoms with Gasteiger partial charge >= 0.3 is 0 Å². The molecule has 0 saturated heterocycles. The summed E-state index contributed by atoms with van der Waals surface area (Å²) < 4.78 is 11.1. The van der Waals surface area contributed by atoms with Crippen LogP contribution in [-0.2, 0) is 9.47 Å². The molecular formula is C21H38O2. The lowest BCUT2D eigenvalue weighted by molar-refractivity contribution is 0.199. The van der Waals surface area contributed by atoms with Gasteiger partial charge in [-0.3, -0.25) is 0 Å². The summed E-state index contributed by atoms with van der Waals surface area (Å²) in [7, 11) is 0. The zero-order valence-electron chi connectivity index (χ0n) is 16.0. The molecule has 0 N–H and O–H groups in total. The van der Waals surface area contributed by atoms with Gasteiger partial charge in [-0.1, -0.05) is 58.9 Å². The summed E-state index contributed by atoms with van der Waals surface area (Å²) in [5.41, 5.74) is 0.405. The first-order valence-corrected chi connectivity index (χ1v) is 9.19. The van der Waals surface area contributed by atoms with E-state index in [9.17, 15) is 0 Å². The topological polar surface area (TPSA) is 18.5 Å². The van der Waals surface area contributed by atoms with Crippen LogP contribution in [0.5, 0.6) is 0 Å². The van der Waals surface area contributed by atoms with E-state index >= 15 is 0 Å². The van der Waals surface area contributed by atoms with E-state index < -0.39 is 0 Å². The van der Waals surface area contributed by atoms with Crippen molar-refractivity contribution in [3.05, 3.63) is 36.8 Å².